The normalized spacial score (nSPS) is 15.5. The summed E-state index contributed by atoms with van der Waals surface area (Å²) in [5.74, 6) is -0.875. The molecule has 3 aromatic rings. The van der Waals surface area contributed by atoms with Crippen molar-refractivity contribution in [3.05, 3.63) is 71.7 Å². The quantitative estimate of drug-likeness (QED) is 0.729. The van der Waals surface area contributed by atoms with E-state index in [9.17, 15) is 18.3 Å². The fraction of sp³-hybridized carbons (Fsp3) is 0.150. The Kier molecular flexibility index (Phi) is 4.04. The van der Waals surface area contributed by atoms with Gasteiger partial charge in [-0.1, -0.05) is 30.3 Å². The smallest absolute Gasteiger partial charge is 0.339 e. The lowest BCUT2D eigenvalue weighted by atomic mass is 9.95. The third kappa shape index (κ3) is 2.90. The maximum absolute atomic E-state index is 12.7. The molecular weight excluding hydrogens is 368 g/mol. The Morgan fingerprint density at radius 2 is 1.81 bits per heavy atom. The van der Waals surface area contributed by atoms with Crippen molar-refractivity contribution in [3.8, 4) is 16.9 Å². The van der Waals surface area contributed by atoms with Gasteiger partial charge in [-0.15, -0.1) is 0 Å². The Morgan fingerprint density at radius 1 is 1.07 bits per heavy atom. The summed E-state index contributed by atoms with van der Waals surface area (Å²) >= 11 is 0. The van der Waals surface area contributed by atoms with E-state index in [2.05, 4.69) is 0 Å². The van der Waals surface area contributed by atoms with Gasteiger partial charge in [0, 0.05) is 11.1 Å². The van der Waals surface area contributed by atoms with Crippen LogP contribution in [-0.2, 0) is 15.6 Å². The van der Waals surface area contributed by atoms with Crippen molar-refractivity contribution in [2.24, 2.45) is 0 Å². The van der Waals surface area contributed by atoms with E-state index in [1.807, 2.05) is 0 Å². The van der Waals surface area contributed by atoms with Crippen molar-refractivity contribution < 1.29 is 27.5 Å². The number of aromatic carboxylic acids is 1. The number of rotatable bonds is 4. The highest BCUT2D eigenvalue weighted by molar-refractivity contribution is 7.90. The first kappa shape index (κ1) is 17.4. The second-order valence-electron chi connectivity index (χ2n) is 6.31. The van der Waals surface area contributed by atoms with Crippen LogP contribution in [-0.4, -0.2) is 19.5 Å². The molecule has 1 aliphatic rings. The van der Waals surface area contributed by atoms with Crippen molar-refractivity contribution in [1.82, 2.24) is 0 Å². The number of hydrogen-bond donors (Lipinski definition) is 1. The van der Waals surface area contributed by atoms with Gasteiger partial charge in [0.05, 0.1) is 16.9 Å². The number of furan rings is 1. The molecule has 0 spiro atoms. The predicted molar refractivity (Wildman–Crippen MR) is 97.5 cm³/mol. The molecule has 0 unspecified atom stereocenters. The molecule has 1 atom stereocenters. The van der Waals surface area contributed by atoms with E-state index < -0.39 is 27.7 Å². The number of carboxylic acid groups (broad SMARTS) is 1. The molecule has 2 aromatic carbocycles. The molecule has 0 radical (unpaired) electrons. The monoisotopic (exact) mass is 384 g/mol. The van der Waals surface area contributed by atoms with Gasteiger partial charge in [-0.2, -0.15) is 0 Å². The van der Waals surface area contributed by atoms with Crippen molar-refractivity contribution in [2.45, 2.75) is 23.7 Å². The molecule has 138 valence electrons. The summed E-state index contributed by atoms with van der Waals surface area (Å²) in [6.45, 7) is 1.75. The van der Waals surface area contributed by atoms with Crippen LogP contribution in [0.25, 0.3) is 11.1 Å². The van der Waals surface area contributed by atoms with Gasteiger partial charge in [0.1, 0.15) is 11.3 Å². The van der Waals surface area contributed by atoms with Gasteiger partial charge in [0.15, 0.2) is 21.7 Å². The minimum absolute atomic E-state index is 0.134. The van der Waals surface area contributed by atoms with Crippen molar-refractivity contribution in [3.63, 3.8) is 0 Å². The molecule has 0 fully saturated rings. The zero-order valence-electron chi connectivity index (χ0n) is 14.4. The van der Waals surface area contributed by atoms with E-state index in [1.54, 1.807) is 37.3 Å². The molecule has 1 N–H and O–H groups in total. The molecule has 0 saturated heterocycles. The van der Waals surface area contributed by atoms with Crippen LogP contribution >= 0.6 is 0 Å². The molecule has 27 heavy (non-hydrogen) atoms. The molecule has 6 nitrogen and oxygen atoms in total. The predicted octanol–water partition coefficient (Wildman–Crippen LogP) is 4.07. The molecule has 1 aliphatic heterocycles. The summed E-state index contributed by atoms with van der Waals surface area (Å²) in [4.78, 5) is 12.1. The average Bonchev–Trinajstić information content (AvgIpc) is 3.12. The van der Waals surface area contributed by atoms with E-state index >= 15 is 0 Å². The zero-order valence-corrected chi connectivity index (χ0v) is 15.2. The summed E-state index contributed by atoms with van der Waals surface area (Å²) in [5.41, 5.74) is 1.38. The first-order valence-corrected chi connectivity index (χ1v) is 9.95. The highest BCUT2D eigenvalue weighted by Crippen LogP contribution is 2.46. The number of fused-ring (bicyclic) bond motifs is 3. The van der Waals surface area contributed by atoms with E-state index in [4.69, 9.17) is 9.15 Å². The lowest BCUT2D eigenvalue weighted by Gasteiger charge is -2.25. The van der Waals surface area contributed by atoms with Crippen molar-refractivity contribution >= 4 is 15.8 Å². The van der Waals surface area contributed by atoms with Crippen molar-refractivity contribution in [2.75, 3.05) is 0 Å². The minimum Gasteiger partial charge on any atom is -0.481 e. The topological polar surface area (TPSA) is 93.8 Å². The minimum atomic E-state index is -3.70. The number of ether oxygens (including phenoxy) is 1. The third-order valence-corrected chi connectivity index (χ3v) is 6.24. The zero-order chi connectivity index (χ0) is 19.2. The SMILES string of the molecule is C[C@H]1Oc2c(ccc(CS(=O)(=O)c3ccccc3)c2C(=O)O)-c2ccoc21. The summed E-state index contributed by atoms with van der Waals surface area (Å²) < 4.78 is 36.7. The van der Waals surface area contributed by atoms with Crippen LogP contribution in [0.1, 0.15) is 34.7 Å². The molecule has 1 aromatic heterocycles. The Hall–Kier alpha value is -3.06. The van der Waals surface area contributed by atoms with Gasteiger partial charge in [-0.05, 0) is 30.7 Å². The van der Waals surface area contributed by atoms with Gasteiger partial charge >= 0.3 is 5.97 Å². The van der Waals surface area contributed by atoms with Crippen LogP contribution < -0.4 is 4.74 Å². The molecule has 0 saturated carbocycles. The van der Waals surface area contributed by atoms with Crippen LogP contribution in [0.5, 0.6) is 5.75 Å². The first-order valence-electron chi connectivity index (χ1n) is 8.30. The number of benzene rings is 2. The fourth-order valence-electron chi connectivity index (χ4n) is 3.32. The van der Waals surface area contributed by atoms with Crippen LogP contribution in [0.3, 0.4) is 0 Å². The number of carbonyl (C=O) groups is 1. The largest absolute Gasteiger partial charge is 0.481 e. The number of carboxylic acids is 1. The fourth-order valence-corrected chi connectivity index (χ4v) is 4.71. The van der Waals surface area contributed by atoms with Gasteiger partial charge in [0.2, 0.25) is 0 Å². The van der Waals surface area contributed by atoms with Gasteiger partial charge in [0.25, 0.3) is 0 Å². The standard InChI is InChI=1S/C20H16O6S/c1-12-18-16(9-10-25-18)15-8-7-13(17(20(21)22)19(15)26-12)11-27(23,24)14-5-3-2-4-6-14/h2-10,12H,11H2,1H3,(H,21,22)/t12-/m1/s1. The maximum Gasteiger partial charge on any atom is 0.339 e. The van der Waals surface area contributed by atoms with Gasteiger partial charge in [-0.25, -0.2) is 13.2 Å². The number of hydrogen-bond acceptors (Lipinski definition) is 5. The van der Waals surface area contributed by atoms with E-state index in [1.165, 1.54) is 24.5 Å². The molecule has 2 heterocycles. The molecule has 0 aliphatic carbocycles. The Bertz CT molecular complexity index is 1130. The summed E-state index contributed by atoms with van der Waals surface area (Å²) in [6, 6.07) is 12.9. The second-order valence-corrected chi connectivity index (χ2v) is 8.30. The van der Waals surface area contributed by atoms with Gasteiger partial charge < -0.3 is 14.3 Å². The van der Waals surface area contributed by atoms with E-state index in [-0.39, 0.29) is 21.8 Å². The Morgan fingerprint density at radius 3 is 2.52 bits per heavy atom. The van der Waals surface area contributed by atoms with Crippen LogP contribution in [0.15, 0.2) is 64.1 Å². The summed E-state index contributed by atoms with van der Waals surface area (Å²) in [7, 11) is -3.70. The average molecular weight is 384 g/mol. The molecule has 0 bridgehead atoms. The second kappa shape index (κ2) is 6.28. The highest BCUT2D eigenvalue weighted by Gasteiger charge is 2.32. The van der Waals surface area contributed by atoms with E-state index in [0.717, 1.165) is 5.56 Å². The van der Waals surface area contributed by atoms with Crippen LogP contribution in [0.4, 0.5) is 0 Å². The molecule has 0 amide bonds. The lowest BCUT2D eigenvalue weighted by Crippen LogP contribution is -2.16. The molecule has 4 rings (SSSR count). The Balaban J connectivity index is 1.85. The molecular formula is C20H16O6S. The molecule has 7 heteroatoms. The maximum atomic E-state index is 12.7. The third-order valence-electron chi connectivity index (χ3n) is 4.55. The van der Waals surface area contributed by atoms with Crippen LogP contribution in [0, 0.1) is 0 Å². The van der Waals surface area contributed by atoms with Gasteiger partial charge in [-0.3, -0.25) is 0 Å². The summed E-state index contributed by atoms with van der Waals surface area (Å²) in [6.07, 6.45) is 1.05. The van der Waals surface area contributed by atoms with Crippen LogP contribution in [0.2, 0.25) is 0 Å². The van der Waals surface area contributed by atoms with E-state index in [0.29, 0.717) is 11.3 Å². The first-order chi connectivity index (χ1) is 12.9. The lowest BCUT2D eigenvalue weighted by molar-refractivity contribution is 0.0687. The Labute approximate surface area is 155 Å². The van der Waals surface area contributed by atoms with Crippen molar-refractivity contribution in [1.29, 1.82) is 0 Å². The number of sulfone groups is 1. The summed E-state index contributed by atoms with van der Waals surface area (Å²) in [5, 5.41) is 9.78. The highest BCUT2D eigenvalue weighted by atomic mass is 32.2.